The quantitative estimate of drug-likeness (QED) is 0.648. The van der Waals surface area contributed by atoms with E-state index >= 15 is 0 Å². The van der Waals surface area contributed by atoms with Gasteiger partial charge < -0.3 is 0 Å². The number of thiazole rings is 1. The predicted molar refractivity (Wildman–Crippen MR) is 72.1 cm³/mol. The highest BCUT2D eigenvalue weighted by Gasteiger charge is 1.86. The Bertz CT molecular complexity index is 316. The standard InChI is InChI=1S/C6H8S.C5H7NS.CH4/c1-5-3-4-6(2)7-5;1-4-3-6-5(2)7-4;/h3-4H,1-2H3;3H,1-2H3;1H4. The fourth-order valence-electron chi connectivity index (χ4n) is 1.02. The zero-order valence-corrected chi connectivity index (χ0v) is 10.6. The van der Waals surface area contributed by atoms with Crippen LogP contribution in [0.15, 0.2) is 18.3 Å². The van der Waals surface area contributed by atoms with E-state index in [1.165, 1.54) is 14.6 Å². The van der Waals surface area contributed by atoms with Gasteiger partial charge in [-0.15, -0.1) is 22.7 Å². The smallest absolute Gasteiger partial charge is 0.0896 e. The maximum Gasteiger partial charge on any atom is 0.0896 e. The minimum Gasteiger partial charge on any atom is -0.250 e. The van der Waals surface area contributed by atoms with Crippen molar-refractivity contribution in [2.45, 2.75) is 35.1 Å². The molecule has 0 aliphatic carbocycles. The fraction of sp³-hybridized carbons (Fsp3) is 0.417. The number of aryl methyl sites for hydroxylation is 4. The third kappa shape index (κ3) is 5.70. The summed E-state index contributed by atoms with van der Waals surface area (Å²) in [6, 6.07) is 4.28. The number of rotatable bonds is 0. The Balaban J connectivity index is 0.000000245. The molecule has 0 unspecified atom stereocenters. The van der Waals surface area contributed by atoms with E-state index in [-0.39, 0.29) is 7.43 Å². The second kappa shape index (κ2) is 6.75. The number of thiophene rings is 1. The van der Waals surface area contributed by atoms with Gasteiger partial charge in [0.1, 0.15) is 0 Å². The van der Waals surface area contributed by atoms with Gasteiger partial charge >= 0.3 is 0 Å². The molecule has 0 amide bonds. The molecule has 0 atom stereocenters. The molecule has 0 aliphatic heterocycles. The van der Waals surface area contributed by atoms with Crippen LogP contribution in [0.2, 0.25) is 0 Å². The summed E-state index contributed by atoms with van der Waals surface area (Å²) in [5, 5.41) is 1.15. The van der Waals surface area contributed by atoms with Crippen molar-refractivity contribution in [3.63, 3.8) is 0 Å². The van der Waals surface area contributed by atoms with Crippen LogP contribution >= 0.6 is 22.7 Å². The Morgan fingerprint density at radius 3 is 1.53 bits per heavy atom. The van der Waals surface area contributed by atoms with E-state index < -0.39 is 0 Å². The molecule has 2 aromatic rings. The molecule has 15 heavy (non-hydrogen) atoms. The second-order valence-corrected chi connectivity index (χ2v) is 6.08. The van der Waals surface area contributed by atoms with Gasteiger partial charge in [0.2, 0.25) is 0 Å². The molecule has 0 aliphatic rings. The highest BCUT2D eigenvalue weighted by molar-refractivity contribution is 7.11. The monoisotopic (exact) mass is 241 g/mol. The molecule has 0 N–H and O–H groups in total. The fourth-order valence-corrected chi connectivity index (χ4v) is 2.48. The molecule has 0 fully saturated rings. The zero-order chi connectivity index (χ0) is 10.6. The lowest BCUT2D eigenvalue weighted by molar-refractivity contribution is 1.28. The summed E-state index contributed by atoms with van der Waals surface area (Å²) in [5.74, 6) is 0. The van der Waals surface area contributed by atoms with Crippen LogP contribution in [0.4, 0.5) is 0 Å². The van der Waals surface area contributed by atoms with E-state index in [9.17, 15) is 0 Å². The molecule has 3 heteroatoms. The van der Waals surface area contributed by atoms with Crippen molar-refractivity contribution in [1.82, 2.24) is 4.98 Å². The van der Waals surface area contributed by atoms with Crippen LogP contribution < -0.4 is 0 Å². The first-order valence-corrected chi connectivity index (χ1v) is 6.13. The molecule has 2 aromatic heterocycles. The maximum absolute atomic E-state index is 4.03. The van der Waals surface area contributed by atoms with Gasteiger partial charge in [-0.2, -0.15) is 0 Å². The van der Waals surface area contributed by atoms with Crippen molar-refractivity contribution >= 4 is 22.7 Å². The first kappa shape index (κ1) is 14.3. The van der Waals surface area contributed by atoms with Crippen LogP contribution in [0.5, 0.6) is 0 Å². The van der Waals surface area contributed by atoms with Crippen molar-refractivity contribution in [1.29, 1.82) is 0 Å². The number of hydrogen-bond donors (Lipinski definition) is 0. The topological polar surface area (TPSA) is 12.9 Å². The van der Waals surface area contributed by atoms with Gasteiger partial charge in [-0.1, -0.05) is 7.43 Å². The van der Waals surface area contributed by atoms with Crippen molar-refractivity contribution < 1.29 is 0 Å². The maximum atomic E-state index is 4.03. The largest absolute Gasteiger partial charge is 0.250 e. The summed E-state index contributed by atoms with van der Waals surface area (Å²) in [6.45, 7) is 8.32. The molecule has 0 bridgehead atoms. The third-order valence-electron chi connectivity index (χ3n) is 1.61. The van der Waals surface area contributed by atoms with E-state index in [0.717, 1.165) is 5.01 Å². The first-order chi connectivity index (χ1) is 6.58. The Hall–Kier alpha value is -0.670. The van der Waals surface area contributed by atoms with Crippen molar-refractivity contribution in [2.24, 2.45) is 0 Å². The summed E-state index contributed by atoms with van der Waals surface area (Å²) < 4.78 is 0. The van der Waals surface area contributed by atoms with Crippen molar-refractivity contribution in [2.75, 3.05) is 0 Å². The summed E-state index contributed by atoms with van der Waals surface area (Å²) in [5.41, 5.74) is 0. The van der Waals surface area contributed by atoms with E-state index in [4.69, 9.17) is 0 Å². The van der Waals surface area contributed by atoms with Gasteiger partial charge in [0.25, 0.3) is 0 Å². The van der Waals surface area contributed by atoms with Crippen molar-refractivity contribution in [3.8, 4) is 0 Å². The summed E-state index contributed by atoms with van der Waals surface area (Å²) in [6.07, 6.45) is 1.89. The molecule has 0 saturated heterocycles. The van der Waals surface area contributed by atoms with Crippen LogP contribution in [0.1, 0.15) is 27.1 Å². The highest BCUT2D eigenvalue weighted by atomic mass is 32.1. The molecule has 2 rings (SSSR count). The zero-order valence-electron chi connectivity index (χ0n) is 9.00. The summed E-state index contributed by atoms with van der Waals surface area (Å²) >= 11 is 3.57. The van der Waals surface area contributed by atoms with Crippen molar-refractivity contribution in [3.05, 3.63) is 38.0 Å². The molecule has 0 spiro atoms. The van der Waals surface area contributed by atoms with Gasteiger partial charge in [0.15, 0.2) is 0 Å². The Morgan fingerprint density at radius 2 is 1.40 bits per heavy atom. The molecule has 84 valence electrons. The van der Waals surface area contributed by atoms with Crippen LogP contribution in [-0.4, -0.2) is 4.98 Å². The van der Waals surface area contributed by atoms with Crippen LogP contribution in [0.25, 0.3) is 0 Å². The lowest BCUT2D eigenvalue weighted by atomic mass is 10.5. The summed E-state index contributed by atoms with van der Waals surface area (Å²) in [7, 11) is 0. The molecule has 1 nitrogen and oxygen atoms in total. The van der Waals surface area contributed by atoms with E-state index in [1.54, 1.807) is 11.3 Å². The molecule has 0 radical (unpaired) electrons. The van der Waals surface area contributed by atoms with Crippen LogP contribution in [0, 0.1) is 27.7 Å². The van der Waals surface area contributed by atoms with E-state index in [2.05, 4.69) is 37.9 Å². The molecule has 0 saturated carbocycles. The van der Waals surface area contributed by atoms with E-state index in [0.29, 0.717) is 0 Å². The predicted octanol–water partition coefficient (Wildman–Crippen LogP) is 4.76. The Kier molecular flexibility index (Phi) is 6.45. The van der Waals surface area contributed by atoms with Gasteiger partial charge in [-0.05, 0) is 39.8 Å². The Labute approximate surface area is 101 Å². The third-order valence-corrected chi connectivity index (χ3v) is 3.36. The van der Waals surface area contributed by atoms with Gasteiger partial charge in [0.05, 0.1) is 5.01 Å². The minimum absolute atomic E-state index is 0. The Morgan fingerprint density at radius 1 is 0.867 bits per heavy atom. The average molecular weight is 241 g/mol. The number of aromatic nitrogens is 1. The SMILES string of the molecule is C.Cc1ccc(C)s1.Cc1cnc(C)s1. The molecule has 2 heterocycles. The molecule has 0 aromatic carbocycles. The molecular formula is C12H19NS2. The average Bonchev–Trinajstić information content (AvgIpc) is 2.63. The van der Waals surface area contributed by atoms with Crippen LogP contribution in [0.3, 0.4) is 0 Å². The van der Waals surface area contributed by atoms with Gasteiger partial charge in [-0.3, -0.25) is 0 Å². The second-order valence-electron chi connectivity index (χ2n) is 3.15. The summed E-state index contributed by atoms with van der Waals surface area (Å²) in [4.78, 5) is 8.12. The van der Waals surface area contributed by atoms with Crippen LogP contribution in [-0.2, 0) is 0 Å². The van der Waals surface area contributed by atoms with E-state index in [1.807, 2.05) is 24.5 Å². The lowest BCUT2D eigenvalue weighted by Gasteiger charge is -1.71. The van der Waals surface area contributed by atoms with Gasteiger partial charge in [0, 0.05) is 20.8 Å². The highest BCUT2D eigenvalue weighted by Crippen LogP contribution is 2.12. The minimum atomic E-state index is 0. The van der Waals surface area contributed by atoms with Gasteiger partial charge in [-0.25, -0.2) is 4.98 Å². The first-order valence-electron chi connectivity index (χ1n) is 4.50. The molecular weight excluding hydrogens is 222 g/mol. The number of nitrogens with zero attached hydrogens (tertiary/aromatic N) is 1. The number of hydrogen-bond acceptors (Lipinski definition) is 3. The normalized spacial score (nSPS) is 8.80. The lowest BCUT2D eigenvalue weighted by Crippen LogP contribution is -1.57.